The lowest BCUT2D eigenvalue weighted by molar-refractivity contribution is -0.384. The van der Waals surface area contributed by atoms with Crippen LogP contribution in [0.1, 0.15) is 24.0 Å². The zero-order chi connectivity index (χ0) is 19.8. The van der Waals surface area contributed by atoms with E-state index in [0.717, 1.165) is 50.4 Å². The molecule has 0 amide bonds. The molecule has 0 saturated carbocycles. The molecule has 1 aliphatic rings. The Kier molecular flexibility index (Phi) is 9.33. The van der Waals surface area contributed by atoms with Crippen LogP contribution in [-0.4, -0.2) is 46.6 Å². The average molecular weight is 510 g/mol. The number of nitrogens with zero attached hydrogens (tertiary/aromatic N) is 3. The minimum atomic E-state index is -0.400. The molecule has 2 N–H and O–H groups in total. The summed E-state index contributed by atoms with van der Waals surface area (Å²) >= 11 is 0. The van der Waals surface area contributed by atoms with Gasteiger partial charge in [0.2, 0.25) is 0 Å². The van der Waals surface area contributed by atoms with Crippen molar-refractivity contribution in [3.05, 3.63) is 75.8 Å². The molecule has 1 saturated heterocycles. The van der Waals surface area contributed by atoms with E-state index in [1.807, 2.05) is 18.2 Å². The van der Waals surface area contributed by atoms with Crippen LogP contribution < -0.4 is 5.32 Å². The molecule has 1 fully saturated rings. The topological polar surface area (TPSA) is 91.0 Å². The number of rotatable bonds is 6. The Labute approximate surface area is 188 Å². The predicted octanol–water partition coefficient (Wildman–Crippen LogP) is 3.36. The first-order chi connectivity index (χ1) is 13.6. The van der Waals surface area contributed by atoms with Crippen molar-refractivity contribution >= 4 is 35.6 Å². The van der Waals surface area contributed by atoms with Crippen molar-refractivity contribution in [2.75, 3.05) is 19.6 Å². The minimum Gasteiger partial charge on any atom is -0.393 e. The van der Waals surface area contributed by atoms with E-state index in [1.165, 1.54) is 17.7 Å². The Bertz CT molecular complexity index is 791. The van der Waals surface area contributed by atoms with Crippen molar-refractivity contribution in [3.63, 3.8) is 0 Å². The Hall–Kier alpha value is -2.20. The minimum absolute atomic E-state index is 0. The number of aliphatic hydroxyl groups excluding tert-OH is 1. The fourth-order valence-corrected chi connectivity index (χ4v) is 3.20. The lowest BCUT2D eigenvalue weighted by Crippen LogP contribution is -2.47. The summed E-state index contributed by atoms with van der Waals surface area (Å²) < 4.78 is 0. The number of aliphatic hydroxyl groups is 1. The van der Waals surface area contributed by atoms with Gasteiger partial charge in [-0.15, -0.1) is 24.0 Å². The van der Waals surface area contributed by atoms with E-state index in [-0.39, 0.29) is 35.8 Å². The standard InChI is InChI=1S/C21H26N4O3.HI/c26-20-11-14-24(15-12-20)21(22-13-10-17-4-2-1-3-5-17)23-16-18-6-8-19(9-7-18)25(27)28;/h1-9,20,26H,10-16H2,(H,22,23);1H. The summed E-state index contributed by atoms with van der Waals surface area (Å²) in [6.07, 6.45) is 2.12. The largest absolute Gasteiger partial charge is 0.393 e. The van der Waals surface area contributed by atoms with Crippen LogP contribution >= 0.6 is 24.0 Å². The molecule has 8 heteroatoms. The summed E-state index contributed by atoms with van der Waals surface area (Å²) in [6.45, 7) is 2.74. The van der Waals surface area contributed by atoms with E-state index in [2.05, 4.69) is 22.3 Å². The second-order valence-electron chi connectivity index (χ2n) is 6.94. The average Bonchev–Trinajstić information content (AvgIpc) is 2.72. The highest BCUT2D eigenvalue weighted by molar-refractivity contribution is 14.0. The number of nitrogens with one attached hydrogen (secondary N) is 1. The Balaban J connectivity index is 0.00000300. The van der Waals surface area contributed by atoms with E-state index < -0.39 is 4.92 Å². The van der Waals surface area contributed by atoms with Gasteiger partial charge in [0, 0.05) is 31.8 Å². The molecule has 2 aromatic rings. The molecule has 1 heterocycles. The summed E-state index contributed by atoms with van der Waals surface area (Å²) in [5.41, 5.74) is 2.27. The third-order valence-corrected chi connectivity index (χ3v) is 4.86. The molecule has 1 aliphatic heterocycles. The van der Waals surface area contributed by atoms with E-state index in [4.69, 9.17) is 4.99 Å². The molecule has 3 rings (SSSR count). The summed E-state index contributed by atoms with van der Waals surface area (Å²) in [5, 5.41) is 24.0. The predicted molar refractivity (Wildman–Crippen MR) is 125 cm³/mol. The molecule has 0 radical (unpaired) electrons. The summed E-state index contributed by atoms with van der Waals surface area (Å²) in [7, 11) is 0. The molecule has 2 aromatic carbocycles. The van der Waals surface area contributed by atoms with Crippen molar-refractivity contribution in [2.45, 2.75) is 31.9 Å². The van der Waals surface area contributed by atoms with Crippen LogP contribution in [0.5, 0.6) is 0 Å². The number of halogens is 1. The van der Waals surface area contributed by atoms with E-state index >= 15 is 0 Å². The van der Waals surface area contributed by atoms with E-state index in [0.29, 0.717) is 6.54 Å². The first-order valence-electron chi connectivity index (χ1n) is 9.60. The summed E-state index contributed by atoms with van der Waals surface area (Å²) in [5.74, 6) is 0.821. The molecule has 0 spiro atoms. The SMILES string of the molecule is I.O=[N+]([O-])c1ccc(CN=C(NCCc2ccccc2)N2CCC(O)CC2)cc1. The van der Waals surface area contributed by atoms with Gasteiger partial charge in [0.25, 0.3) is 5.69 Å². The fourth-order valence-electron chi connectivity index (χ4n) is 3.20. The van der Waals surface area contributed by atoms with Gasteiger partial charge in [0.15, 0.2) is 5.96 Å². The number of nitro benzene ring substituents is 1. The van der Waals surface area contributed by atoms with Crippen molar-refractivity contribution in [1.82, 2.24) is 10.2 Å². The second-order valence-corrected chi connectivity index (χ2v) is 6.94. The number of non-ortho nitro benzene ring substituents is 1. The highest BCUT2D eigenvalue weighted by Gasteiger charge is 2.19. The number of hydrogen-bond acceptors (Lipinski definition) is 4. The van der Waals surface area contributed by atoms with Crippen molar-refractivity contribution < 1.29 is 10.0 Å². The number of nitro groups is 1. The van der Waals surface area contributed by atoms with Gasteiger partial charge in [-0.05, 0) is 30.4 Å². The lowest BCUT2D eigenvalue weighted by atomic mass is 10.1. The molecule has 0 aliphatic carbocycles. The summed E-state index contributed by atoms with van der Waals surface area (Å²) in [4.78, 5) is 17.3. The van der Waals surface area contributed by atoms with Crippen molar-refractivity contribution in [3.8, 4) is 0 Å². The van der Waals surface area contributed by atoms with Gasteiger partial charge < -0.3 is 15.3 Å². The Morgan fingerprint density at radius 1 is 1.10 bits per heavy atom. The maximum absolute atomic E-state index is 10.8. The van der Waals surface area contributed by atoms with Gasteiger partial charge in [0.05, 0.1) is 17.6 Å². The molecule has 156 valence electrons. The molecular weight excluding hydrogens is 483 g/mol. The van der Waals surface area contributed by atoms with Gasteiger partial charge in [-0.2, -0.15) is 0 Å². The maximum atomic E-state index is 10.8. The molecule has 7 nitrogen and oxygen atoms in total. The van der Waals surface area contributed by atoms with Crippen LogP contribution in [0.15, 0.2) is 59.6 Å². The third kappa shape index (κ3) is 7.28. The molecule has 0 aromatic heterocycles. The number of likely N-dealkylation sites (tertiary alicyclic amines) is 1. The van der Waals surface area contributed by atoms with Crippen LogP contribution in [0.3, 0.4) is 0 Å². The zero-order valence-corrected chi connectivity index (χ0v) is 18.6. The smallest absolute Gasteiger partial charge is 0.269 e. The molecule has 0 unspecified atom stereocenters. The van der Waals surface area contributed by atoms with Crippen LogP contribution in [0.4, 0.5) is 5.69 Å². The fraction of sp³-hybridized carbons (Fsp3) is 0.381. The lowest BCUT2D eigenvalue weighted by Gasteiger charge is -2.32. The number of piperidine rings is 1. The van der Waals surface area contributed by atoms with Gasteiger partial charge in [-0.1, -0.05) is 42.5 Å². The molecule has 0 bridgehead atoms. The molecule has 0 atom stereocenters. The third-order valence-electron chi connectivity index (χ3n) is 4.86. The quantitative estimate of drug-likeness (QED) is 0.205. The van der Waals surface area contributed by atoms with Gasteiger partial charge in [-0.3, -0.25) is 10.1 Å². The normalized spacial score (nSPS) is 14.9. The second kappa shape index (κ2) is 11.7. The van der Waals surface area contributed by atoms with Gasteiger partial charge in [0.1, 0.15) is 0 Å². The van der Waals surface area contributed by atoms with E-state index in [9.17, 15) is 15.2 Å². The van der Waals surface area contributed by atoms with E-state index in [1.54, 1.807) is 12.1 Å². The van der Waals surface area contributed by atoms with Crippen LogP contribution in [0, 0.1) is 10.1 Å². The monoisotopic (exact) mass is 510 g/mol. The molecular formula is C21H27IN4O3. The highest BCUT2D eigenvalue weighted by atomic mass is 127. The first-order valence-corrected chi connectivity index (χ1v) is 9.60. The highest BCUT2D eigenvalue weighted by Crippen LogP contribution is 2.14. The molecule has 29 heavy (non-hydrogen) atoms. The number of hydrogen-bond donors (Lipinski definition) is 2. The van der Waals surface area contributed by atoms with Crippen molar-refractivity contribution in [1.29, 1.82) is 0 Å². The summed E-state index contributed by atoms with van der Waals surface area (Å²) in [6, 6.07) is 16.8. The number of benzene rings is 2. The Morgan fingerprint density at radius 3 is 2.38 bits per heavy atom. The van der Waals surface area contributed by atoms with Crippen LogP contribution in [-0.2, 0) is 13.0 Å². The van der Waals surface area contributed by atoms with Crippen LogP contribution in [0.25, 0.3) is 0 Å². The van der Waals surface area contributed by atoms with Gasteiger partial charge >= 0.3 is 0 Å². The van der Waals surface area contributed by atoms with Crippen molar-refractivity contribution in [2.24, 2.45) is 4.99 Å². The Morgan fingerprint density at radius 2 is 1.76 bits per heavy atom. The maximum Gasteiger partial charge on any atom is 0.269 e. The van der Waals surface area contributed by atoms with Gasteiger partial charge in [-0.25, -0.2) is 4.99 Å². The number of guanidine groups is 1. The van der Waals surface area contributed by atoms with Crippen LogP contribution in [0.2, 0.25) is 0 Å². The first kappa shape index (κ1) is 23.1. The zero-order valence-electron chi connectivity index (χ0n) is 16.2. The number of aliphatic imine (C=N–C) groups is 1.